The highest BCUT2D eigenvalue weighted by atomic mass is 16.5. The van der Waals surface area contributed by atoms with Gasteiger partial charge in [-0.2, -0.15) is 0 Å². The summed E-state index contributed by atoms with van der Waals surface area (Å²) in [5.74, 6) is 0.851. The molecule has 1 aliphatic rings. The third-order valence-electron chi connectivity index (χ3n) is 4.44. The summed E-state index contributed by atoms with van der Waals surface area (Å²) in [5, 5.41) is 3.55. The van der Waals surface area contributed by atoms with Gasteiger partial charge in [0.25, 0.3) is 0 Å². The fraction of sp³-hybridized carbons (Fsp3) is 1.00. The van der Waals surface area contributed by atoms with Crippen LogP contribution < -0.4 is 0 Å². The zero-order valence-corrected chi connectivity index (χ0v) is 13.6. The first-order valence-electron chi connectivity index (χ1n) is 9.02. The summed E-state index contributed by atoms with van der Waals surface area (Å²) in [6.45, 7) is 2.63. The average Bonchev–Trinajstić information content (AvgIpc) is 2.53. The molecule has 4 nitrogen and oxygen atoms in total. The molecule has 21 heavy (non-hydrogen) atoms. The number of azide groups is 1. The summed E-state index contributed by atoms with van der Waals surface area (Å²) < 4.78 is 5.82. The first kappa shape index (κ1) is 18.3. The van der Waals surface area contributed by atoms with Gasteiger partial charge in [-0.15, -0.1) is 0 Å². The molecule has 0 unspecified atom stereocenters. The van der Waals surface area contributed by atoms with Crippen molar-refractivity contribution < 1.29 is 4.74 Å². The molecule has 1 rings (SSSR count). The minimum Gasteiger partial charge on any atom is -0.381 e. The molecule has 0 aromatic rings. The van der Waals surface area contributed by atoms with Crippen LogP contribution in [0.2, 0.25) is 0 Å². The van der Waals surface area contributed by atoms with E-state index in [1.54, 1.807) is 0 Å². The number of nitrogens with zero attached hydrogens (tertiary/aromatic N) is 3. The van der Waals surface area contributed by atoms with Crippen molar-refractivity contribution in [2.75, 3.05) is 19.8 Å². The van der Waals surface area contributed by atoms with E-state index in [0.717, 1.165) is 25.6 Å². The summed E-state index contributed by atoms with van der Waals surface area (Å²) in [4.78, 5) is 2.76. The Kier molecular flexibility index (Phi) is 12.4. The lowest BCUT2D eigenvalue weighted by atomic mass is 9.90. The topological polar surface area (TPSA) is 58.0 Å². The molecule has 1 fully saturated rings. The highest BCUT2D eigenvalue weighted by Gasteiger charge is 2.12. The van der Waals surface area contributed by atoms with E-state index >= 15 is 0 Å². The van der Waals surface area contributed by atoms with Crippen molar-refractivity contribution in [2.24, 2.45) is 11.0 Å². The van der Waals surface area contributed by atoms with Gasteiger partial charge in [-0.1, -0.05) is 62.9 Å². The van der Waals surface area contributed by atoms with Gasteiger partial charge in [-0.05, 0) is 37.1 Å². The molecular formula is C17H33N3O. The largest absolute Gasteiger partial charge is 0.381 e. The van der Waals surface area contributed by atoms with Crippen molar-refractivity contribution in [2.45, 2.75) is 83.5 Å². The molecule has 122 valence electrons. The molecular weight excluding hydrogens is 262 g/mol. The van der Waals surface area contributed by atoms with Crippen molar-refractivity contribution in [1.82, 2.24) is 0 Å². The van der Waals surface area contributed by atoms with Gasteiger partial charge in [-0.25, -0.2) is 0 Å². The van der Waals surface area contributed by atoms with Crippen molar-refractivity contribution >= 4 is 0 Å². The number of hydrogen-bond acceptors (Lipinski definition) is 2. The van der Waals surface area contributed by atoms with Crippen LogP contribution in [-0.2, 0) is 4.74 Å². The molecule has 4 heteroatoms. The summed E-state index contributed by atoms with van der Waals surface area (Å²) >= 11 is 0. The van der Waals surface area contributed by atoms with Crippen molar-refractivity contribution in [3.05, 3.63) is 10.4 Å². The van der Waals surface area contributed by atoms with Crippen LogP contribution in [0, 0.1) is 5.92 Å². The van der Waals surface area contributed by atoms with Gasteiger partial charge in [0.2, 0.25) is 0 Å². The Morgan fingerprint density at radius 2 is 1.48 bits per heavy atom. The molecule has 1 saturated carbocycles. The first-order chi connectivity index (χ1) is 10.4. The maximum atomic E-state index is 8.15. The Labute approximate surface area is 130 Å². The van der Waals surface area contributed by atoms with Crippen molar-refractivity contribution in [3.63, 3.8) is 0 Å². The van der Waals surface area contributed by atoms with E-state index in [0.29, 0.717) is 6.54 Å². The highest BCUT2D eigenvalue weighted by molar-refractivity contribution is 4.64. The molecule has 1 aliphatic carbocycles. The third kappa shape index (κ3) is 11.6. The molecule has 0 saturated heterocycles. The van der Waals surface area contributed by atoms with Crippen LogP contribution in [0.1, 0.15) is 83.5 Å². The first-order valence-corrected chi connectivity index (χ1v) is 9.02. The summed E-state index contributed by atoms with van der Waals surface area (Å²) in [6.07, 6.45) is 17.1. The van der Waals surface area contributed by atoms with Gasteiger partial charge >= 0.3 is 0 Å². The highest BCUT2D eigenvalue weighted by Crippen LogP contribution is 2.23. The molecule has 0 amide bonds. The van der Waals surface area contributed by atoms with Crippen LogP contribution in [-0.4, -0.2) is 19.8 Å². The van der Waals surface area contributed by atoms with Gasteiger partial charge in [0.1, 0.15) is 0 Å². The molecule has 0 spiro atoms. The molecule has 0 aromatic heterocycles. The lowest BCUT2D eigenvalue weighted by Crippen LogP contribution is -2.13. The minimum absolute atomic E-state index is 0.662. The maximum Gasteiger partial charge on any atom is 0.0494 e. The second-order valence-electron chi connectivity index (χ2n) is 6.36. The minimum atomic E-state index is 0.662. The smallest absolute Gasteiger partial charge is 0.0494 e. The zero-order valence-electron chi connectivity index (χ0n) is 13.6. The van der Waals surface area contributed by atoms with E-state index in [1.807, 2.05) is 0 Å². The van der Waals surface area contributed by atoms with Crippen LogP contribution in [0.4, 0.5) is 0 Å². The number of hydrogen-bond donors (Lipinski definition) is 0. The molecule has 0 bridgehead atoms. The van der Waals surface area contributed by atoms with Gasteiger partial charge in [0, 0.05) is 24.7 Å². The van der Waals surface area contributed by atoms with Crippen LogP contribution in [0.5, 0.6) is 0 Å². The molecule has 0 atom stereocenters. The lowest BCUT2D eigenvalue weighted by molar-refractivity contribution is 0.0824. The van der Waals surface area contributed by atoms with Gasteiger partial charge in [-0.3, -0.25) is 0 Å². The van der Waals surface area contributed by atoms with E-state index in [9.17, 15) is 0 Å². The monoisotopic (exact) mass is 295 g/mol. The molecule has 0 aromatic carbocycles. The fourth-order valence-electron chi connectivity index (χ4n) is 3.10. The van der Waals surface area contributed by atoms with E-state index in [2.05, 4.69) is 10.0 Å². The standard InChI is InChI=1S/C17H33N3O/c18-20-19-14-10-5-3-1-2-4-6-11-15-21-16-17-12-8-7-9-13-17/h17H,1-16H2. The second-order valence-corrected chi connectivity index (χ2v) is 6.36. The van der Waals surface area contributed by atoms with E-state index in [-0.39, 0.29) is 0 Å². The van der Waals surface area contributed by atoms with Gasteiger partial charge < -0.3 is 4.74 Å². The molecule has 0 heterocycles. The Balaban J connectivity index is 1.71. The third-order valence-corrected chi connectivity index (χ3v) is 4.44. The predicted molar refractivity (Wildman–Crippen MR) is 88.3 cm³/mol. The summed E-state index contributed by atoms with van der Waals surface area (Å²) in [6, 6.07) is 0. The molecule has 0 radical (unpaired) electrons. The quantitative estimate of drug-likeness (QED) is 0.177. The average molecular weight is 295 g/mol. The molecule has 0 aliphatic heterocycles. The summed E-state index contributed by atoms with van der Waals surface area (Å²) in [7, 11) is 0. The number of unbranched alkanes of at least 4 members (excludes halogenated alkanes) is 7. The van der Waals surface area contributed by atoms with E-state index in [4.69, 9.17) is 10.3 Å². The Bertz CT molecular complexity index is 271. The Hall–Kier alpha value is -0.730. The SMILES string of the molecule is [N-]=[N+]=NCCCCCCCCCCOCC1CCCCC1. The van der Waals surface area contributed by atoms with E-state index < -0.39 is 0 Å². The second kappa shape index (κ2) is 14.2. The fourth-order valence-corrected chi connectivity index (χ4v) is 3.10. The molecule has 0 N–H and O–H groups in total. The summed E-state index contributed by atoms with van der Waals surface area (Å²) in [5.41, 5.74) is 8.15. The van der Waals surface area contributed by atoms with Crippen LogP contribution in [0.15, 0.2) is 5.11 Å². The predicted octanol–water partition coefficient (Wildman–Crippen LogP) is 6.01. The number of ether oxygens (including phenoxy) is 1. The van der Waals surface area contributed by atoms with E-state index in [1.165, 1.54) is 77.0 Å². The van der Waals surface area contributed by atoms with Gasteiger partial charge in [0.05, 0.1) is 0 Å². The normalized spacial score (nSPS) is 15.8. The number of rotatable bonds is 13. The van der Waals surface area contributed by atoms with Crippen LogP contribution >= 0.6 is 0 Å². The van der Waals surface area contributed by atoms with Crippen molar-refractivity contribution in [3.8, 4) is 0 Å². The maximum absolute atomic E-state index is 8.15. The van der Waals surface area contributed by atoms with Gasteiger partial charge in [0.15, 0.2) is 0 Å². The Morgan fingerprint density at radius 1 is 0.857 bits per heavy atom. The lowest BCUT2D eigenvalue weighted by Gasteiger charge is -2.21. The van der Waals surface area contributed by atoms with Crippen molar-refractivity contribution in [1.29, 1.82) is 0 Å². The zero-order chi connectivity index (χ0) is 15.0. The van der Waals surface area contributed by atoms with Crippen LogP contribution in [0.3, 0.4) is 0 Å². The Morgan fingerprint density at radius 3 is 2.14 bits per heavy atom. The van der Waals surface area contributed by atoms with Crippen LogP contribution in [0.25, 0.3) is 10.4 Å².